The summed E-state index contributed by atoms with van der Waals surface area (Å²) in [6.45, 7) is 7.59. The predicted octanol–water partition coefficient (Wildman–Crippen LogP) is 5.81. The van der Waals surface area contributed by atoms with E-state index in [0.717, 1.165) is 33.4 Å². The molecule has 3 heterocycles. The van der Waals surface area contributed by atoms with Gasteiger partial charge in [-0.15, -0.1) is 0 Å². The monoisotopic (exact) mass is 514 g/mol. The number of ether oxygens (including phenoxy) is 2. The first-order valence-electron chi connectivity index (χ1n) is 12.5. The van der Waals surface area contributed by atoms with Crippen LogP contribution >= 0.6 is 0 Å². The van der Waals surface area contributed by atoms with Crippen molar-refractivity contribution in [3.63, 3.8) is 0 Å². The van der Waals surface area contributed by atoms with Gasteiger partial charge in [-0.2, -0.15) is 0 Å². The molecule has 0 spiro atoms. The summed E-state index contributed by atoms with van der Waals surface area (Å²) in [5.74, 6) is 0.406. The third-order valence-electron chi connectivity index (χ3n) is 6.40. The van der Waals surface area contributed by atoms with E-state index in [1.165, 1.54) is 4.90 Å². The van der Waals surface area contributed by atoms with Crippen molar-refractivity contribution >= 4 is 28.8 Å². The second kappa shape index (κ2) is 10.1. The largest absolute Gasteiger partial charge is 0.514 e. The van der Waals surface area contributed by atoms with Crippen LogP contribution in [0, 0.1) is 0 Å². The molecule has 1 saturated heterocycles. The van der Waals surface area contributed by atoms with E-state index < -0.39 is 17.8 Å². The minimum absolute atomic E-state index is 0.406. The Morgan fingerprint density at radius 2 is 1.58 bits per heavy atom. The molecule has 4 aromatic rings. The zero-order chi connectivity index (χ0) is 26.9. The predicted molar refractivity (Wildman–Crippen MR) is 145 cm³/mol. The van der Waals surface area contributed by atoms with Gasteiger partial charge in [0.15, 0.2) is 0 Å². The molecule has 0 unspecified atom stereocenters. The average molecular weight is 515 g/mol. The van der Waals surface area contributed by atoms with Crippen LogP contribution in [0.2, 0.25) is 0 Å². The lowest BCUT2D eigenvalue weighted by Gasteiger charge is -2.34. The van der Waals surface area contributed by atoms with Gasteiger partial charge in [-0.05, 0) is 62.7 Å². The van der Waals surface area contributed by atoms with E-state index in [-0.39, 0.29) is 0 Å². The molecule has 1 amide bonds. The topological polar surface area (TPSA) is 97.1 Å². The molecular weight excluding hydrogens is 484 g/mol. The van der Waals surface area contributed by atoms with Crippen LogP contribution < -0.4 is 9.64 Å². The van der Waals surface area contributed by atoms with Gasteiger partial charge in [-0.1, -0.05) is 18.2 Å². The number of pyridine rings is 1. The molecular formula is C29H30N4O5. The highest BCUT2D eigenvalue weighted by molar-refractivity contribution is 5.98. The summed E-state index contributed by atoms with van der Waals surface area (Å²) in [6.07, 6.45) is 4.00. The van der Waals surface area contributed by atoms with Crippen LogP contribution in [0.4, 0.5) is 15.3 Å². The average Bonchev–Trinajstić information content (AvgIpc) is 3.27. The summed E-state index contributed by atoms with van der Waals surface area (Å²) in [4.78, 5) is 31.2. The minimum Gasteiger partial charge on any atom is -0.465 e. The van der Waals surface area contributed by atoms with Gasteiger partial charge < -0.3 is 28.9 Å². The van der Waals surface area contributed by atoms with Crippen molar-refractivity contribution < 1.29 is 24.2 Å². The number of carbonyl (C=O) groups excluding carboxylic acids is 1. The summed E-state index contributed by atoms with van der Waals surface area (Å²) in [5, 5.41) is 10.3. The maximum Gasteiger partial charge on any atom is 0.514 e. The Hall–Kier alpha value is -4.53. The fraction of sp³-hybridized carbons (Fsp3) is 0.276. The van der Waals surface area contributed by atoms with Crippen molar-refractivity contribution in [3.8, 4) is 22.6 Å². The fourth-order valence-corrected chi connectivity index (χ4v) is 4.59. The second-order valence-corrected chi connectivity index (χ2v) is 10.2. The standard InChI is InChI=1S/C29H30N4O5/c1-29(2,3)38-28(36)37-23-7-4-20(5-8-23)25-19-33(21-10-12-30-13-11-21)26-18-22(6-9-24(25)26)31-14-16-32(17-15-31)27(34)35/h4-13,18-19H,14-17H2,1-3H3,(H,34,35). The quantitative estimate of drug-likeness (QED) is 0.271. The number of carboxylic acid groups (broad SMARTS) is 1. The van der Waals surface area contributed by atoms with Gasteiger partial charge in [-0.25, -0.2) is 9.59 Å². The van der Waals surface area contributed by atoms with E-state index in [1.54, 1.807) is 45.3 Å². The van der Waals surface area contributed by atoms with Gasteiger partial charge in [0.2, 0.25) is 0 Å². The summed E-state index contributed by atoms with van der Waals surface area (Å²) in [7, 11) is 0. The fourth-order valence-electron chi connectivity index (χ4n) is 4.59. The number of aromatic nitrogens is 2. The number of fused-ring (bicyclic) bond motifs is 1. The smallest absolute Gasteiger partial charge is 0.465 e. The Balaban J connectivity index is 1.47. The number of benzene rings is 2. The lowest BCUT2D eigenvalue weighted by Crippen LogP contribution is -2.48. The van der Waals surface area contributed by atoms with Crippen LogP contribution in [0.15, 0.2) is 73.2 Å². The molecule has 1 aliphatic heterocycles. The third kappa shape index (κ3) is 5.41. The second-order valence-electron chi connectivity index (χ2n) is 10.2. The number of carbonyl (C=O) groups is 2. The summed E-state index contributed by atoms with van der Waals surface area (Å²) < 4.78 is 12.7. The Kier molecular flexibility index (Phi) is 6.67. The van der Waals surface area contributed by atoms with Gasteiger partial charge in [0.25, 0.3) is 0 Å². The highest BCUT2D eigenvalue weighted by atomic mass is 16.7. The van der Waals surface area contributed by atoms with Gasteiger partial charge in [0.05, 0.1) is 5.52 Å². The van der Waals surface area contributed by atoms with Crippen LogP contribution in [-0.4, -0.2) is 63.6 Å². The first-order valence-corrected chi connectivity index (χ1v) is 12.5. The molecule has 0 aliphatic carbocycles. The number of nitrogens with zero attached hydrogens (tertiary/aromatic N) is 4. The first-order chi connectivity index (χ1) is 18.2. The lowest BCUT2D eigenvalue weighted by atomic mass is 10.0. The van der Waals surface area contributed by atoms with Crippen molar-refractivity contribution in [3.05, 3.63) is 73.2 Å². The number of hydrogen-bond acceptors (Lipinski definition) is 6. The van der Waals surface area contributed by atoms with E-state index in [0.29, 0.717) is 31.9 Å². The van der Waals surface area contributed by atoms with Crippen LogP contribution in [0.25, 0.3) is 27.7 Å². The molecule has 9 heteroatoms. The van der Waals surface area contributed by atoms with Crippen LogP contribution in [-0.2, 0) is 4.74 Å². The molecule has 0 atom stereocenters. The number of amides is 1. The Morgan fingerprint density at radius 3 is 2.21 bits per heavy atom. The Morgan fingerprint density at radius 1 is 0.895 bits per heavy atom. The van der Waals surface area contributed by atoms with E-state index in [1.807, 2.05) is 24.3 Å². The van der Waals surface area contributed by atoms with E-state index in [2.05, 4.69) is 38.8 Å². The number of rotatable bonds is 4. The van der Waals surface area contributed by atoms with Crippen LogP contribution in [0.3, 0.4) is 0 Å². The zero-order valence-electron chi connectivity index (χ0n) is 21.6. The summed E-state index contributed by atoms with van der Waals surface area (Å²) in [5.41, 5.74) is 4.43. The van der Waals surface area contributed by atoms with E-state index in [4.69, 9.17) is 9.47 Å². The summed E-state index contributed by atoms with van der Waals surface area (Å²) in [6, 6.07) is 17.6. The van der Waals surface area contributed by atoms with Crippen molar-refractivity contribution in [1.82, 2.24) is 14.5 Å². The SMILES string of the molecule is CC(C)(C)OC(=O)Oc1ccc(-c2cn(-c3ccncc3)c3cc(N4CCN(C(=O)O)CC4)ccc23)cc1. The van der Waals surface area contributed by atoms with Crippen molar-refractivity contribution in [2.75, 3.05) is 31.1 Å². The molecule has 1 fully saturated rings. The molecule has 1 N–H and O–H groups in total. The highest BCUT2D eigenvalue weighted by Crippen LogP contribution is 2.36. The van der Waals surface area contributed by atoms with Gasteiger partial charge in [0, 0.05) is 67.1 Å². The van der Waals surface area contributed by atoms with E-state index >= 15 is 0 Å². The summed E-state index contributed by atoms with van der Waals surface area (Å²) >= 11 is 0. The van der Waals surface area contributed by atoms with E-state index in [9.17, 15) is 14.7 Å². The minimum atomic E-state index is -0.876. The van der Waals surface area contributed by atoms with Crippen molar-refractivity contribution in [1.29, 1.82) is 0 Å². The lowest BCUT2D eigenvalue weighted by molar-refractivity contribution is 0.0206. The third-order valence-corrected chi connectivity index (χ3v) is 6.40. The molecule has 9 nitrogen and oxygen atoms in total. The Bertz CT molecular complexity index is 1450. The first kappa shape index (κ1) is 25.1. The highest BCUT2D eigenvalue weighted by Gasteiger charge is 2.22. The number of hydrogen-bond donors (Lipinski definition) is 1. The molecule has 38 heavy (non-hydrogen) atoms. The molecule has 5 rings (SSSR count). The molecule has 2 aromatic heterocycles. The zero-order valence-corrected chi connectivity index (χ0v) is 21.6. The normalized spacial score (nSPS) is 14.0. The van der Waals surface area contributed by atoms with Gasteiger partial charge in [0.1, 0.15) is 11.4 Å². The molecule has 0 saturated carbocycles. The van der Waals surface area contributed by atoms with Gasteiger partial charge >= 0.3 is 12.2 Å². The van der Waals surface area contributed by atoms with Crippen LogP contribution in [0.1, 0.15) is 20.8 Å². The molecule has 0 radical (unpaired) electrons. The Labute approximate surface area is 220 Å². The molecule has 196 valence electrons. The van der Waals surface area contributed by atoms with Gasteiger partial charge in [-0.3, -0.25) is 4.98 Å². The maximum atomic E-state index is 12.0. The van der Waals surface area contributed by atoms with Crippen molar-refractivity contribution in [2.24, 2.45) is 0 Å². The molecule has 1 aliphatic rings. The molecule has 0 bridgehead atoms. The molecule has 2 aromatic carbocycles. The maximum absolute atomic E-state index is 12.0. The number of anilines is 1. The number of piperazine rings is 1. The van der Waals surface area contributed by atoms with Crippen LogP contribution in [0.5, 0.6) is 5.75 Å². The van der Waals surface area contributed by atoms with Crippen molar-refractivity contribution in [2.45, 2.75) is 26.4 Å².